The van der Waals surface area contributed by atoms with Crippen LogP contribution in [-0.4, -0.2) is 37.1 Å². The molecule has 0 radical (unpaired) electrons. The van der Waals surface area contributed by atoms with Crippen molar-refractivity contribution < 1.29 is 24.2 Å². The van der Waals surface area contributed by atoms with Crippen molar-refractivity contribution in [2.75, 3.05) is 0 Å². The fourth-order valence-corrected chi connectivity index (χ4v) is 1.46. The maximum absolute atomic E-state index is 11.0. The number of aliphatic carboxylic acids is 1. The summed E-state index contributed by atoms with van der Waals surface area (Å²) in [5.41, 5.74) is -0.319. The Morgan fingerprint density at radius 2 is 2.17 bits per heavy atom. The van der Waals surface area contributed by atoms with Gasteiger partial charge in [0.2, 0.25) is 5.69 Å². The van der Waals surface area contributed by atoms with E-state index in [0.717, 1.165) is 4.68 Å². The zero-order valence-electron chi connectivity index (χ0n) is 9.27. The molecule has 0 fully saturated rings. The van der Waals surface area contributed by atoms with Gasteiger partial charge in [-0.2, -0.15) is 0 Å². The van der Waals surface area contributed by atoms with E-state index in [4.69, 9.17) is 14.6 Å². The second-order valence-electron chi connectivity index (χ2n) is 3.53. The fraction of sp³-hybridized carbons (Fsp3) is 0.200. The average molecular weight is 251 g/mol. The molecule has 0 saturated carbocycles. The quantitative estimate of drug-likeness (QED) is 0.827. The Balaban J connectivity index is 2.62. The Morgan fingerprint density at radius 3 is 2.67 bits per heavy atom. The molecule has 18 heavy (non-hydrogen) atoms. The van der Waals surface area contributed by atoms with Crippen molar-refractivity contribution in [3.63, 3.8) is 0 Å². The molecule has 0 bridgehead atoms. The van der Waals surface area contributed by atoms with E-state index in [1.165, 1.54) is 19.3 Å². The number of aromatic carboxylic acids is 1. The van der Waals surface area contributed by atoms with Gasteiger partial charge in [-0.15, -0.1) is 5.10 Å². The van der Waals surface area contributed by atoms with Crippen LogP contribution >= 0.6 is 0 Å². The van der Waals surface area contributed by atoms with Crippen molar-refractivity contribution in [1.29, 1.82) is 0 Å². The predicted molar refractivity (Wildman–Crippen MR) is 57.0 cm³/mol. The lowest BCUT2D eigenvalue weighted by Crippen LogP contribution is -2.18. The molecule has 0 aliphatic carbocycles. The molecule has 8 nitrogen and oxygen atoms in total. The number of hydrogen-bond acceptors (Lipinski definition) is 5. The number of aromatic nitrogens is 3. The maximum Gasteiger partial charge on any atom is 0.358 e. The number of carbonyl (C=O) groups is 2. The van der Waals surface area contributed by atoms with Crippen molar-refractivity contribution in [3.8, 4) is 11.5 Å². The second kappa shape index (κ2) is 4.32. The van der Waals surface area contributed by atoms with Gasteiger partial charge in [-0.3, -0.25) is 0 Å². The highest BCUT2D eigenvalue weighted by Crippen LogP contribution is 2.25. The van der Waals surface area contributed by atoms with Gasteiger partial charge in [-0.05, 0) is 19.1 Å². The Hall–Kier alpha value is -2.64. The minimum atomic E-state index is -1.30. The first-order chi connectivity index (χ1) is 8.52. The van der Waals surface area contributed by atoms with E-state index in [-0.39, 0.29) is 17.1 Å². The molecule has 2 heterocycles. The smallest absolute Gasteiger partial charge is 0.358 e. The third kappa shape index (κ3) is 1.83. The van der Waals surface area contributed by atoms with Gasteiger partial charge in [-0.25, -0.2) is 14.3 Å². The topological polar surface area (TPSA) is 118 Å². The maximum atomic E-state index is 11.0. The molecule has 8 heteroatoms. The van der Waals surface area contributed by atoms with Gasteiger partial charge < -0.3 is 14.6 Å². The first-order valence-electron chi connectivity index (χ1n) is 4.97. The normalized spacial score (nSPS) is 12.3. The molecule has 2 aromatic heterocycles. The lowest BCUT2D eigenvalue weighted by Gasteiger charge is -2.08. The van der Waals surface area contributed by atoms with E-state index in [1.54, 1.807) is 6.07 Å². The SMILES string of the molecule is CC(C(=O)O)n1nnc(C(=O)O)c1-c1ccco1. The van der Waals surface area contributed by atoms with Crippen LogP contribution in [0.25, 0.3) is 11.5 Å². The minimum absolute atomic E-state index is 0.0300. The first-order valence-corrected chi connectivity index (χ1v) is 4.97. The Labute approximate surface area is 100 Å². The van der Waals surface area contributed by atoms with Crippen molar-refractivity contribution in [3.05, 3.63) is 24.1 Å². The summed E-state index contributed by atoms with van der Waals surface area (Å²) in [5, 5.41) is 25.0. The first kappa shape index (κ1) is 11.8. The van der Waals surface area contributed by atoms with Crippen molar-refractivity contribution in [1.82, 2.24) is 15.0 Å². The highest BCUT2D eigenvalue weighted by atomic mass is 16.4. The van der Waals surface area contributed by atoms with Gasteiger partial charge in [0.15, 0.2) is 5.76 Å². The van der Waals surface area contributed by atoms with Crippen LogP contribution in [0.4, 0.5) is 0 Å². The van der Waals surface area contributed by atoms with E-state index >= 15 is 0 Å². The zero-order valence-corrected chi connectivity index (χ0v) is 9.27. The molecule has 0 spiro atoms. The second-order valence-corrected chi connectivity index (χ2v) is 3.53. The van der Waals surface area contributed by atoms with Gasteiger partial charge in [0, 0.05) is 0 Å². The van der Waals surface area contributed by atoms with E-state index in [1.807, 2.05) is 0 Å². The Bertz CT molecular complexity index is 587. The van der Waals surface area contributed by atoms with E-state index in [0.29, 0.717) is 0 Å². The summed E-state index contributed by atoms with van der Waals surface area (Å²) >= 11 is 0. The molecule has 0 aliphatic rings. The summed E-state index contributed by atoms with van der Waals surface area (Å²) < 4.78 is 6.09. The third-order valence-corrected chi connectivity index (χ3v) is 2.38. The molecule has 2 N–H and O–H groups in total. The van der Waals surface area contributed by atoms with Crippen LogP contribution in [0.1, 0.15) is 23.5 Å². The van der Waals surface area contributed by atoms with Crippen LogP contribution < -0.4 is 0 Å². The molecule has 0 saturated heterocycles. The molecule has 94 valence electrons. The minimum Gasteiger partial charge on any atom is -0.480 e. The molecule has 2 rings (SSSR count). The van der Waals surface area contributed by atoms with Crippen LogP contribution in [0, 0.1) is 0 Å². The molecule has 0 aromatic carbocycles. The van der Waals surface area contributed by atoms with E-state index in [9.17, 15) is 9.59 Å². The zero-order chi connectivity index (χ0) is 13.3. The monoisotopic (exact) mass is 251 g/mol. The molecular formula is C10H9N3O5. The molecular weight excluding hydrogens is 242 g/mol. The van der Waals surface area contributed by atoms with Gasteiger partial charge in [0.25, 0.3) is 0 Å². The van der Waals surface area contributed by atoms with E-state index in [2.05, 4.69) is 10.3 Å². The Kier molecular flexibility index (Phi) is 2.84. The van der Waals surface area contributed by atoms with Crippen LogP contribution in [0.5, 0.6) is 0 Å². The molecule has 1 atom stereocenters. The summed E-state index contributed by atoms with van der Waals surface area (Å²) in [6.07, 6.45) is 1.35. The summed E-state index contributed by atoms with van der Waals surface area (Å²) in [5.74, 6) is -2.25. The summed E-state index contributed by atoms with van der Waals surface area (Å²) in [7, 11) is 0. The van der Waals surface area contributed by atoms with Crippen molar-refractivity contribution >= 4 is 11.9 Å². The molecule has 0 amide bonds. The number of furan rings is 1. The molecule has 1 unspecified atom stereocenters. The summed E-state index contributed by atoms with van der Waals surface area (Å²) in [6.45, 7) is 1.37. The average Bonchev–Trinajstić information content (AvgIpc) is 2.95. The van der Waals surface area contributed by atoms with Gasteiger partial charge >= 0.3 is 11.9 Å². The predicted octanol–water partition coefficient (Wildman–Crippen LogP) is 0.882. The number of hydrogen-bond donors (Lipinski definition) is 2. The molecule has 0 aliphatic heterocycles. The largest absolute Gasteiger partial charge is 0.480 e. The Morgan fingerprint density at radius 1 is 1.44 bits per heavy atom. The highest BCUT2D eigenvalue weighted by molar-refractivity contribution is 5.92. The highest BCUT2D eigenvalue weighted by Gasteiger charge is 2.27. The number of carboxylic acid groups (broad SMARTS) is 2. The third-order valence-electron chi connectivity index (χ3n) is 2.38. The fourth-order valence-electron chi connectivity index (χ4n) is 1.46. The summed E-state index contributed by atoms with van der Waals surface area (Å²) in [4.78, 5) is 22.0. The van der Waals surface area contributed by atoms with Gasteiger partial charge in [-0.1, -0.05) is 5.21 Å². The summed E-state index contributed by atoms with van der Waals surface area (Å²) in [6, 6.07) is 2.02. The van der Waals surface area contributed by atoms with Crippen LogP contribution in [-0.2, 0) is 4.79 Å². The van der Waals surface area contributed by atoms with Gasteiger partial charge in [0.05, 0.1) is 6.26 Å². The lowest BCUT2D eigenvalue weighted by atomic mass is 10.2. The number of carboxylic acids is 2. The van der Waals surface area contributed by atoms with Crippen LogP contribution in [0.15, 0.2) is 22.8 Å². The standard InChI is InChI=1S/C10H9N3O5/c1-5(9(14)15)13-8(6-3-2-4-18-6)7(10(16)17)11-12-13/h2-5H,1H3,(H,14,15)(H,16,17). The lowest BCUT2D eigenvalue weighted by molar-refractivity contribution is -0.140. The van der Waals surface area contributed by atoms with Gasteiger partial charge in [0.1, 0.15) is 11.7 Å². The van der Waals surface area contributed by atoms with Crippen LogP contribution in [0.3, 0.4) is 0 Å². The van der Waals surface area contributed by atoms with Crippen molar-refractivity contribution in [2.45, 2.75) is 13.0 Å². The van der Waals surface area contributed by atoms with E-state index < -0.39 is 18.0 Å². The number of rotatable bonds is 4. The van der Waals surface area contributed by atoms with Crippen molar-refractivity contribution in [2.24, 2.45) is 0 Å². The molecule has 2 aromatic rings. The van der Waals surface area contributed by atoms with Crippen LogP contribution in [0.2, 0.25) is 0 Å². The number of nitrogens with zero attached hydrogens (tertiary/aromatic N) is 3.